The Hall–Kier alpha value is -1.45. The molecule has 0 aliphatic carbocycles. The zero-order valence-electron chi connectivity index (χ0n) is 6.24. The van der Waals surface area contributed by atoms with Crippen LogP contribution in [0.4, 0.5) is 5.69 Å². The molecule has 4 heteroatoms. The number of nitrogen functional groups attached to an aromatic ring is 1. The van der Waals surface area contributed by atoms with E-state index in [0.29, 0.717) is 12.2 Å². The minimum atomic E-state index is -0.941. The van der Waals surface area contributed by atoms with E-state index in [-0.39, 0.29) is 5.69 Å². The number of anilines is 1. The van der Waals surface area contributed by atoms with Crippen LogP contribution < -0.4 is 5.73 Å². The first-order chi connectivity index (χ1) is 5.15. The fraction of sp³-hybridized carbons (Fsp3) is 0.286. The van der Waals surface area contributed by atoms with Gasteiger partial charge in [-0.15, -0.1) is 0 Å². The van der Waals surface area contributed by atoms with Gasteiger partial charge in [0.1, 0.15) is 5.69 Å². The molecule has 1 aromatic rings. The Labute approximate surface area is 64.2 Å². The lowest BCUT2D eigenvalue weighted by Crippen LogP contribution is -2.05. The molecule has 1 heterocycles. The third-order valence-electron chi connectivity index (χ3n) is 1.48. The van der Waals surface area contributed by atoms with Crippen LogP contribution in [0, 0.1) is 0 Å². The maximum atomic E-state index is 10.5. The van der Waals surface area contributed by atoms with Crippen molar-refractivity contribution in [2.45, 2.75) is 13.5 Å². The summed E-state index contributed by atoms with van der Waals surface area (Å²) >= 11 is 0. The van der Waals surface area contributed by atoms with Crippen molar-refractivity contribution in [2.24, 2.45) is 0 Å². The molecule has 0 fully saturated rings. The molecule has 11 heavy (non-hydrogen) atoms. The van der Waals surface area contributed by atoms with E-state index in [1.54, 1.807) is 10.8 Å². The van der Waals surface area contributed by atoms with Crippen molar-refractivity contribution in [1.82, 2.24) is 4.57 Å². The van der Waals surface area contributed by atoms with Crippen molar-refractivity contribution in [3.05, 3.63) is 18.0 Å². The number of rotatable bonds is 2. The average Bonchev–Trinajstić information content (AvgIpc) is 2.30. The van der Waals surface area contributed by atoms with Crippen LogP contribution in [-0.4, -0.2) is 15.6 Å². The standard InChI is InChI=1S/C7H10N2O2/c1-2-9-4-5(8)3-6(9)7(10)11/h3-4H,2,8H2,1H3,(H,10,11). The van der Waals surface area contributed by atoms with Crippen LogP contribution in [0.25, 0.3) is 0 Å². The minimum Gasteiger partial charge on any atom is -0.477 e. The highest BCUT2D eigenvalue weighted by Crippen LogP contribution is 2.09. The first kappa shape index (κ1) is 7.65. The first-order valence-corrected chi connectivity index (χ1v) is 3.34. The summed E-state index contributed by atoms with van der Waals surface area (Å²) < 4.78 is 1.59. The summed E-state index contributed by atoms with van der Waals surface area (Å²) in [4.78, 5) is 10.5. The van der Waals surface area contributed by atoms with Gasteiger partial charge < -0.3 is 15.4 Å². The van der Waals surface area contributed by atoms with E-state index in [9.17, 15) is 4.79 Å². The van der Waals surface area contributed by atoms with Gasteiger partial charge >= 0.3 is 5.97 Å². The Kier molecular flexibility index (Phi) is 1.85. The van der Waals surface area contributed by atoms with Gasteiger partial charge in [0.25, 0.3) is 0 Å². The zero-order valence-corrected chi connectivity index (χ0v) is 6.24. The molecule has 0 spiro atoms. The summed E-state index contributed by atoms with van der Waals surface area (Å²) in [6.45, 7) is 2.49. The smallest absolute Gasteiger partial charge is 0.352 e. The van der Waals surface area contributed by atoms with E-state index in [1.807, 2.05) is 6.92 Å². The van der Waals surface area contributed by atoms with Gasteiger partial charge in [0.05, 0.1) is 5.69 Å². The molecular weight excluding hydrogens is 144 g/mol. The van der Waals surface area contributed by atoms with Gasteiger partial charge in [0.2, 0.25) is 0 Å². The number of carboxylic acid groups (broad SMARTS) is 1. The average molecular weight is 154 g/mol. The predicted molar refractivity (Wildman–Crippen MR) is 41.5 cm³/mol. The van der Waals surface area contributed by atoms with Gasteiger partial charge in [0.15, 0.2) is 0 Å². The highest BCUT2D eigenvalue weighted by atomic mass is 16.4. The molecule has 1 aromatic heterocycles. The van der Waals surface area contributed by atoms with Gasteiger partial charge in [-0.1, -0.05) is 0 Å². The second-order valence-electron chi connectivity index (χ2n) is 2.25. The third-order valence-corrected chi connectivity index (χ3v) is 1.48. The summed E-state index contributed by atoms with van der Waals surface area (Å²) in [5.74, 6) is -0.941. The van der Waals surface area contributed by atoms with Gasteiger partial charge in [-0.2, -0.15) is 0 Å². The van der Waals surface area contributed by atoms with Crippen LogP contribution >= 0.6 is 0 Å². The van der Waals surface area contributed by atoms with Crippen LogP contribution in [-0.2, 0) is 6.54 Å². The predicted octanol–water partition coefficient (Wildman–Crippen LogP) is 0.788. The number of hydrogen-bond acceptors (Lipinski definition) is 2. The van der Waals surface area contributed by atoms with Crippen molar-refractivity contribution >= 4 is 11.7 Å². The van der Waals surface area contributed by atoms with Gasteiger partial charge in [0, 0.05) is 12.7 Å². The normalized spacial score (nSPS) is 9.91. The lowest BCUT2D eigenvalue weighted by molar-refractivity contribution is 0.0685. The molecule has 0 bridgehead atoms. The quantitative estimate of drug-likeness (QED) is 0.661. The molecule has 60 valence electrons. The minimum absolute atomic E-state index is 0.241. The first-order valence-electron chi connectivity index (χ1n) is 3.34. The molecule has 0 aromatic carbocycles. The molecule has 0 aliphatic heterocycles. The van der Waals surface area contributed by atoms with E-state index in [0.717, 1.165) is 0 Å². The number of aromatic carboxylic acids is 1. The maximum absolute atomic E-state index is 10.5. The second kappa shape index (κ2) is 2.65. The Bertz CT molecular complexity index is 278. The van der Waals surface area contributed by atoms with Crippen molar-refractivity contribution in [3.63, 3.8) is 0 Å². The molecule has 0 atom stereocenters. The topological polar surface area (TPSA) is 68.2 Å². The number of nitrogens with two attached hydrogens (primary N) is 1. The largest absolute Gasteiger partial charge is 0.477 e. The van der Waals surface area contributed by atoms with E-state index < -0.39 is 5.97 Å². The van der Waals surface area contributed by atoms with Crippen LogP contribution in [0.3, 0.4) is 0 Å². The Morgan fingerprint density at radius 1 is 1.82 bits per heavy atom. The molecular formula is C7H10N2O2. The monoisotopic (exact) mass is 154 g/mol. The number of aromatic nitrogens is 1. The number of aryl methyl sites for hydroxylation is 1. The SMILES string of the molecule is CCn1cc(N)cc1C(=O)O. The van der Waals surface area contributed by atoms with Crippen molar-refractivity contribution < 1.29 is 9.90 Å². The fourth-order valence-electron chi connectivity index (χ4n) is 0.974. The summed E-state index contributed by atoms with van der Waals surface area (Å²) in [6, 6.07) is 1.45. The molecule has 1 rings (SSSR count). The summed E-state index contributed by atoms with van der Waals surface area (Å²) in [6.07, 6.45) is 1.61. The lowest BCUT2D eigenvalue weighted by Gasteiger charge is -1.98. The van der Waals surface area contributed by atoms with Gasteiger partial charge in [-0.25, -0.2) is 4.79 Å². The third kappa shape index (κ3) is 1.34. The molecule has 0 radical (unpaired) electrons. The van der Waals surface area contributed by atoms with Crippen molar-refractivity contribution in [2.75, 3.05) is 5.73 Å². The molecule has 0 saturated heterocycles. The van der Waals surface area contributed by atoms with Crippen LogP contribution in [0.15, 0.2) is 12.3 Å². The summed E-state index contributed by atoms with van der Waals surface area (Å²) in [5, 5.41) is 8.63. The molecule has 3 N–H and O–H groups in total. The van der Waals surface area contributed by atoms with E-state index in [1.165, 1.54) is 6.07 Å². The number of nitrogens with zero attached hydrogens (tertiary/aromatic N) is 1. The maximum Gasteiger partial charge on any atom is 0.352 e. The van der Waals surface area contributed by atoms with E-state index in [4.69, 9.17) is 10.8 Å². The highest BCUT2D eigenvalue weighted by Gasteiger charge is 2.08. The lowest BCUT2D eigenvalue weighted by atomic mass is 10.4. The van der Waals surface area contributed by atoms with Gasteiger partial charge in [-0.3, -0.25) is 0 Å². The Balaban J connectivity index is 3.12. The number of carboxylic acids is 1. The molecule has 0 unspecified atom stereocenters. The van der Waals surface area contributed by atoms with E-state index in [2.05, 4.69) is 0 Å². The molecule has 0 amide bonds. The molecule has 4 nitrogen and oxygen atoms in total. The molecule has 0 aliphatic rings. The summed E-state index contributed by atoms with van der Waals surface area (Å²) in [7, 11) is 0. The molecule has 0 saturated carbocycles. The number of carbonyl (C=O) groups is 1. The van der Waals surface area contributed by atoms with Crippen LogP contribution in [0.5, 0.6) is 0 Å². The number of hydrogen-bond donors (Lipinski definition) is 2. The second-order valence-corrected chi connectivity index (χ2v) is 2.25. The van der Waals surface area contributed by atoms with Gasteiger partial charge in [-0.05, 0) is 13.0 Å². The van der Waals surface area contributed by atoms with Crippen molar-refractivity contribution in [3.8, 4) is 0 Å². The highest BCUT2D eigenvalue weighted by molar-refractivity contribution is 5.87. The van der Waals surface area contributed by atoms with Crippen LogP contribution in [0.2, 0.25) is 0 Å². The Morgan fingerprint density at radius 2 is 2.45 bits per heavy atom. The zero-order chi connectivity index (χ0) is 8.43. The Morgan fingerprint density at radius 3 is 2.82 bits per heavy atom. The van der Waals surface area contributed by atoms with E-state index >= 15 is 0 Å². The van der Waals surface area contributed by atoms with Crippen molar-refractivity contribution in [1.29, 1.82) is 0 Å². The summed E-state index contributed by atoms with van der Waals surface area (Å²) in [5.41, 5.74) is 6.14. The van der Waals surface area contributed by atoms with Crippen LogP contribution in [0.1, 0.15) is 17.4 Å². The fourth-order valence-corrected chi connectivity index (χ4v) is 0.974.